The second-order valence-corrected chi connectivity index (χ2v) is 10.2. The molecule has 1 aromatic carbocycles. The van der Waals surface area contributed by atoms with E-state index in [0.29, 0.717) is 6.42 Å². The minimum absolute atomic E-state index is 0.0216. The second-order valence-electron chi connectivity index (χ2n) is 8.00. The number of hydrogen-bond acceptors (Lipinski definition) is 6. The number of hydrogen-bond donors (Lipinski definition) is 1. The number of aliphatic hydroxyl groups is 1. The lowest BCUT2D eigenvalue weighted by molar-refractivity contribution is -0.232. The molecule has 5 atom stereocenters. The standard InChI is InChI=1S/C19H25N3O5S/c1-13-8-15(9-14(2)23)18(28(25,26)17-6-4-3-5-7-17)11-16(12-21-22-20)27-19(18,24)10-13/h3-7,13,15-16,24H,8-12H2,1-2H3/t13?,15?,16-,18?,19?/m0/s1. The van der Waals surface area contributed by atoms with E-state index in [1.165, 1.54) is 19.1 Å². The van der Waals surface area contributed by atoms with Crippen molar-refractivity contribution in [3.63, 3.8) is 0 Å². The van der Waals surface area contributed by atoms with E-state index in [9.17, 15) is 18.3 Å². The Kier molecular flexibility index (Phi) is 5.55. The molecule has 1 aromatic rings. The molecule has 28 heavy (non-hydrogen) atoms. The maximum atomic E-state index is 13.9. The maximum absolute atomic E-state index is 13.9. The van der Waals surface area contributed by atoms with Crippen LogP contribution in [-0.2, 0) is 19.4 Å². The summed E-state index contributed by atoms with van der Waals surface area (Å²) < 4.78 is 31.9. The van der Waals surface area contributed by atoms with Crippen LogP contribution in [-0.4, -0.2) is 42.5 Å². The number of carbonyl (C=O) groups excluding carboxylic acids is 1. The molecule has 1 saturated heterocycles. The average Bonchev–Trinajstić information content (AvgIpc) is 2.93. The summed E-state index contributed by atoms with van der Waals surface area (Å²) in [5.74, 6) is -2.70. The largest absolute Gasteiger partial charge is 0.364 e. The quantitative estimate of drug-likeness (QED) is 0.440. The Morgan fingerprint density at radius 3 is 2.64 bits per heavy atom. The highest BCUT2D eigenvalue weighted by molar-refractivity contribution is 7.93. The number of azide groups is 1. The first kappa shape index (κ1) is 20.8. The molecule has 152 valence electrons. The molecule has 1 saturated carbocycles. The van der Waals surface area contributed by atoms with Crippen LogP contribution in [0.5, 0.6) is 0 Å². The Morgan fingerprint density at radius 1 is 1.36 bits per heavy atom. The molecule has 0 amide bonds. The molecule has 8 nitrogen and oxygen atoms in total. The van der Waals surface area contributed by atoms with Crippen LogP contribution in [0.4, 0.5) is 0 Å². The van der Waals surface area contributed by atoms with Crippen molar-refractivity contribution in [2.24, 2.45) is 17.0 Å². The highest BCUT2D eigenvalue weighted by atomic mass is 32.2. The number of benzene rings is 1. The summed E-state index contributed by atoms with van der Waals surface area (Å²) in [6.07, 6.45) is -0.0916. The molecule has 1 aliphatic carbocycles. The van der Waals surface area contributed by atoms with Crippen molar-refractivity contribution in [1.82, 2.24) is 0 Å². The van der Waals surface area contributed by atoms with Crippen molar-refractivity contribution in [3.8, 4) is 0 Å². The van der Waals surface area contributed by atoms with Crippen LogP contribution < -0.4 is 0 Å². The van der Waals surface area contributed by atoms with Crippen LogP contribution in [0.3, 0.4) is 0 Å². The molecule has 0 bridgehead atoms. The number of nitrogens with zero attached hydrogens (tertiary/aromatic N) is 3. The van der Waals surface area contributed by atoms with E-state index in [1.54, 1.807) is 18.2 Å². The Balaban J connectivity index is 2.20. The van der Waals surface area contributed by atoms with E-state index in [0.717, 1.165) is 0 Å². The summed E-state index contributed by atoms with van der Waals surface area (Å²) >= 11 is 0. The fourth-order valence-electron chi connectivity index (χ4n) is 5.03. The lowest BCUT2D eigenvalue weighted by Crippen LogP contribution is -2.64. The monoisotopic (exact) mass is 407 g/mol. The molecule has 0 aromatic heterocycles. The smallest absolute Gasteiger partial charge is 0.189 e. The van der Waals surface area contributed by atoms with E-state index in [1.807, 2.05) is 6.92 Å². The zero-order chi connectivity index (χ0) is 20.6. The van der Waals surface area contributed by atoms with Gasteiger partial charge in [0, 0.05) is 17.8 Å². The molecule has 4 unspecified atom stereocenters. The van der Waals surface area contributed by atoms with Crippen molar-refractivity contribution < 1.29 is 23.1 Å². The summed E-state index contributed by atoms with van der Waals surface area (Å²) in [5.41, 5.74) is 8.64. The van der Waals surface area contributed by atoms with Crippen LogP contribution in [0.1, 0.15) is 39.5 Å². The highest BCUT2D eigenvalue weighted by Crippen LogP contribution is 2.58. The summed E-state index contributed by atoms with van der Waals surface area (Å²) in [6, 6.07) is 7.96. The zero-order valence-electron chi connectivity index (χ0n) is 16.0. The fourth-order valence-corrected chi connectivity index (χ4v) is 7.54. The Labute approximate surface area is 164 Å². The molecule has 1 heterocycles. The maximum Gasteiger partial charge on any atom is 0.189 e. The Hall–Kier alpha value is -1.93. The van der Waals surface area contributed by atoms with Crippen molar-refractivity contribution in [3.05, 3.63) is 40.8 Å². The predicted molar refractivity (Wildman–Crippen MR) is 102 cm³/mol. The number of ketones is 1. The van der Waals surface area contributed by atoms with Gasteiger partial charge in [-0.3, -0.25) is 0 Å². The van der Waals surface area contributed by atoms with Gasteiger partial charge in [0.15, 0.2) is 15.6 Å². The van der Waals surface area contributed by atoms with Gasteiger partial charge in [0.25, 0.3) is 0 Å². The van der Waals surface area contributed by atoms with Crippen LogP contribution in [0.2, 0.25) is 0 Å². The number of sulfone groups is 1. The first-order valence-corrected chi connectivity index (χ1v) is 10.8. The zero-order valence-corrected chi connectivity index (χ0v) is 16.8. The van der Waals surface area contributed by atoms with Crippen molar-refractivity contribution >= 4 is 15.6 Å². The van der Waals surface area contributed by atoms with E-state index in [2.05, 4.69) is 10.0 Å². The van der Waals surface area contributed by atoms with Gasteiger partial charge in [0.2, 0.25) is 0 Å². The summed E-state index contributed by atoms with van der Waals surface area (Å²) in [7, 11) is -4.06. The molecule has 2 fully saturated rings. The van der Waals surface area contributed by atoms with Crippen LogP contribution >= 0.6 is 0 Å². The summed E-state index contributed by atoms with van der Waals surface area (Å²) in [6.45, 7) is 3.26. The van der Waals surface area contributed by atoms with Gasteiger partial charge in [-0.1, -0.05) is 30.2 Å². The first-order valence-electron chi connectivity index (χ1n) is 9.36. The van der Waals surface area contributed by atoms with Gasteiger partial charge >= 0.3 is 0 Å². The molecule has 0 radical (unpaired) electrons. The molecule has 3 rings (SSSR count). The minimum Gasteiger partial charge on any atom is -0.364 e. The van der Waals surface area contributed by atoms with Crippen LogP contribution in [0.15, 0.2) is 40.3 Å². The lowest BCUT2D eigenvalue weighted by atomic mass is 9.67. The average molecular weight is 407 g/mol. The third kappa shape index (κ3) is 3.22. The molecule has 1 aliphatic heterocycles. The third-order valence-electron chi connectivity index (χ3n) is 5.94. The normalized spacial score (nSPS) is 35.0. The third-order valence-corrected chi connectivity index (χ3v) is 8.61. The van der Waals surface area contributed by atoms with Gasteiger partial charge in [-0.2, -0.15) is 0 Å². The first-order chi connectivity index (χ1) is 13.2. The Bertz CT molecular complexity index is 899. The van der Waals surface area contributed by atoms with Gasteiger partial charge in [-0.25, -0.2) is 8.42 Å². The van der Waals surface area contributed by atoms with Crippen LogP contribution in [0.25, 0.3) is 10.4 Å². The fraction of sp³-hybridized carbons (Fsp3) is 0.632. The predicted octanol–water partition coefficient (Wildman–Crippen LogP) is 3.01. The lowest BCUT2D eigenvalue weighted by Gasteiger charge is -2.50. The topological polar surface area (TPSA) is 129 Å². The van der Waals surface area contributed by atoms with Crippen molar-refractivity contribution in [2.45, 2.75) is 61.1 Å². The number of rotatable bonds is 6. The second kappa shape index (κ2) is 7.48. The molecular formula is C19H25N3O5S. The number of ether oxygens (including phenoxy) is 1. The summed E-state index contributed by atoms with van der Waals surface area (Å²) in [5, 5.41) is 15.1. The van der Waals surface area contributed by atoms with E-state index < -0.39 is 32.4 Å². The number of Topliss-reactive ketones (excluding diaryl/α,β-unsaturated/α-hetero) is 1. The summed E-state index contributed by atoms with van der Waals surface area (Å²) in [4.78, 5) is 14.8. The molecule has 2 aliphatic rings. The van der Waals surface area contributed by atoms with E-state index in [4.69, 9.17) is 10.3 Å². The number of fused-ring (bicyclic) bond motifs is 1. The van der Waals surface area contributed by atoms with Crippen molar-refractivity contribution in [1.29, 1.82) is 0 Å². The van der Waals surface area contributed by atoms with Gasteiger partial charge < -0.3 is 14.6 Å². The Morgan fingerprint density at radius 2 is 2.04 bits per heavy atom. The van der Waals surface area contributed by atoms with E-state index >= 15 is 0 Å². The molecule has 9 heteroatoms. The van der Waals surface area contributed by atoms with Crippen molar-refractivity contribution in [2.75, 3.05) is 6.54 Å². The number of carbonyl (C=O) groups is 1. The van der Waals surface area contributed by atoms with Gasteiger partial charge in [0.1, 0.15) is 10.5 Å². The minimum atomic E-state index is -4.06. The molecular weight excluding hydrogens is 382 g/mol. The van der Waals surface area contributed by atoms with E-state index in [-0.39, 0.29) is 42.4 Å². The molecule has 1 N–H and O–H groups in total. The van der Waals surface area contributed by atoms with Crippen LogP contribution in [0, 0.1) is 11.8 Å². The highest BCUT2D eigenvalue weighted by Gasteiger charge is 2.71. The van der Waals surface area contributed by atoms with Gasteiger partial charge in [0.05, 0.1) is 17.5 Å². The van der Waals surface area contributed by atoms with Gasteiger partial charge in [-0.15, -0.1) is 0 Å². The molecule has 0 spiro atoms. The SMILES string of the molecule is CC(=O)CC1CC(C)CC2(O)O[C@H](CN=[N+]=[N-])CC12S(=O)(=O)c1ccccc1. The van der Waals surface area contributed by atoms with Gasteiger partial charge in [-0.05, 0) is 49.3 Å².